The Balaban J connectivity index is 2.67. The Hall–Kier alpha value is -1.86. The molecule has 20 heavy (non-hydrogen) atoms. The van der Waals surface area contributed by atoms with Gasteiger partial charge in [-0.1, -0.05) is 25.1 Å². The number of benzene rings is 1. The number of nitrogens with zero attached hydrogens (tertiary/aromatic N) is 2. The van der Waals surface area contributed by atoms with Crippen molar-refractivity contribution in [1.82, 2.24) is 10.2 Å². The molecule has 1 unspecified atom stereocenters. The molecule has 1 rings (SSSR count). The molecule has 0 aliphatic carbocycles. The summed E-state index contributed by atoms with van der Waals surface area (Å²) in [5.41, 5.74) is 1.53. The van der Waals surface area contributed by atoms with Crippen LogP contribution in [0.2, 0.25) is 0 Å². The molecule has 1 aromatic carbocycles. The second kappa shape index (κ2) is 8.34. The highest BCUT2D eigenvalue weighted by Gasteiger charge is 2.14. The number of rotatable bonds is 7. The second-order valence-corrected chi connectivity index (χ2v) is 4.87. The van der Waals surface area contributed by atoms with E-state index in [2.05, 4.69) is 25.2 Å². The summed E-state index contributed by atoms with van der Waals surface area (Å²) in [6.07, 6.45) is 0.997. The van der Waals surface area contributed by atoms with Crippen LogP contribution in [0.15, 0.2) is 24.3 Å². The Morgan fingerprint density at radius 3 is 2.70 bits per heavy atom. The predicted molar refractivity (Wildman–Crippen MR) is 80.0 cm³/mol. The SMILES string of the molecule is CCC(C)NCC(=O)N(CC)Cc1ccccc1C#N. The molecule has 0 radical (unpaired) electrons. The van der Waals surface area contributed by atoms with Crippen molar-refractivity contribution >= 4 is 5.91 Å². The monoisotopic (exact) mass is 273 g/mol. The number of carbonyl (C=O) groups excluding carboxylic acids is 1. The van der Waals surface area contributed by atoms with Crippen LogP contribution in [-0.2, 0) is 11.3 Å². The van der Waals surface area contributed by atoms with E-state index >= 15 is 0 Å². The lowest BCUT2D eigenvalue weighted by Crippen LogP contribution is -2.40. The summed E-state index contributed by atoms with van der Waals surface area (Å²) in [5, 5.41) is 12.3. The molecule has 0 saturated carbocycles. The Bertz CT molecular complexity index is 479. The molecule has 4 nitrogen and oxygen atoms in total. The summed E-state index contributed by atoms with van der Waals surface area (Å²) in [6, 6.07) is 9.92. The lowest BCUT2D eigenvalue weighted by molar-refractivity contribution is -0.130. The summed E-state index contributed by atoms with van der Waals surface area (Å²) in [4.78, 5) is 13.9. The normalized spacial score (nSPS) is 11.7. The van der Waals surface area contributed by atoms with Gasteiger partial charge >= 0.3 is 0 Å². The molecule has 0 saturated heterocycles. The van der Waals surface area contributed by atoms with E-state index in [0.717, 1.165) is 12.0 Å². The van der Waals surface area contributed by atoms with Crippen LogP contribution in [0.25, 0.3) is 0 Å². The van der Waals surface area contributed by atoms with Crippen molar-refractivity contribution < 1.29 is 4.79 Å². The van der Waals surface area contributed by atoms with Gasteiger partial charge in [-0.15, -0.1) is 0 Å². The van der Waals surface area contributed by atoms with Gasteiger partial charge in [0.25, 0.3) is 0 Å². The molecule has 0 bridgehead atoms. The van der Waals surface area contributed by atoms with E-state index in [9.17, 15) is 4.79 Å². The van der Waals surface area contributed by atoms with Crippen LogP contribution in [-0.4, -0.2) is 29.9 Å². The molecular weight excluding hydrogens is 250 g/mol. The number of hydrogen-bond donors (Lipinski definition) is 1. The highest BCUT2D eigenvalue weighted by atomic mass is 16.2. The topological polar surface area (TPSA) is 56.1 Å². The van der Waals surface area contributed by atoms with E-state index in [1.807, 2.05) is 25.1 Å². The van der Waals surface area contributed by atoms with Gasteiger partial charge in [-0.25, -0.2) is 0 Å². The van der Waals surface area contributed by atoms with E-state index < -0.39 is 0 Å². The van der Waals surface area contributed by atoms with Crippen molar-refractivity contribution in [2.24, 2.45) is 0 Å². The highest BCUT2D eigenvalue weighted by molar-refractivity contribution is 5.78. The molecular formula is C16H23N3O. The van der Waals surface area contributed by atoms with Crippen LogP contribution in [0.5, 0.6) is 0 Å². The molecule has 1 atom stereocenters. The molecule has 4 heteroatoms. The van der Waals surface area contributed by atoms with Crippen LogP contribution >= 0.6 is 0 Å². The fourth-order valence-electron chi connectivity index (χ4n) is 1.87. The third-order valence-electron chi connectivity index (χ3n) is 3.45. The first-order valence-electron chi connectivity index (χ1n) is 7.11. The molecule has 0 spiro atoms. The summed E-state index contributed by atoms with van der Waals surface area (Å²) in [7, 11) is 0. The van der Waals surface area contributed by atoms with Gasteiger partial charge < -0.3 is 10.2 Å². The predicted octanol–water partition coefficient (Wildman–Crippen LogP) is 2.29. The average molecular weight is 273 g/mol. The van der Waals surface area contributed by atoms with Gasteiger partial charge in [0.1, 0.15) is 0 Å². The maximum Gasteiger partial charge on any atom is 0.236 e. The molecule has 0 aliphatic rings. The zero-order chi connectivity index (χ0) is 15.0. The van der Waals surface area contributed by atoms with Crippen molar-refractivity contribution in [2.75, 3.05) is 13.1 Å². The third-order valence-corrected chi connectivity index (χ3v) is 3.45. The number of amides is 1. The molecule has 1 N–H and O–H groups in total. The summed E-state index contributed by atoms with van der Waals surface area (Å²) in [5.74, 6) is 0.0699. The van der Waals surface area contributed by atoms with Gasteiger partial charge in [-0.3, -0.25) is 4.79 Å². The Labute approximate surface area is 121 Å². The van der Waals surface area contributed by atoms with Crippen LogP contribution in [0.4, 0.5) is 0 Å². The zero-order valence-corrected chi connectivity index (χ0v) is 12.5. The average Bonchev–Trinajstić information content (AvgIpc) is 2.50. The van der Waals surface area contributed by atoms with E-state index in [0.29, 0.717) is 31.2 Å². The van der Waals surface area contributed by atoms with Gasteiger partial charge in [0.2, 0.25) is 5.91 Å². The van der Waals surface area contributed by atoms with Gasteiger partial charge in [-0.2, -0.15) is 5.26 Å². The minimum atomic E-state index is 0.0699. The lowest BCUT2D eigenvalue weighted by atomic mass is 10.1. The maximum absolute atomic E-state index is 12.2. The van der Waals surface area contributed by atoms with Crippen LogP contribution in [0, 0.1) is 11.3 Å². The van der Waals surface area contributed by atoms with Crippen molar-refractivity contribution in [3.05, 3.63) is 35.4 Å². The molecule has 0 heterocycles. The Kier molecular flexibility index (Phi) is 6.75. The Morgan fingerprint density at radius 1 is 1.40 bits per heavy atom. The van der Waals surface area contributed by atoms with Crippen LogP contribution in [0.1, 0.15) is 38.3 Å². The fraction of sp³-hybridized carbons (Fsp3) is 0.500. The van der Waals surface area contributed by atoms with Crippen LogP contribution < -0.4 is 5.32 Å². The maximum atomic E-state index is 12.2. The largest absolute Gasteiger partial charge is 0.337 e. The van der Waals surface area contributed by atoms with E-state index in [-0.39, 0.29) is 5.91 Å². The van der Waals surface area contributed by atoms with E-state index in [4.69, 9.17) is 5.26 Å². The van der Waals surface area contributed by atoms with Gasteiger partial charge in [0, 0.05) is 19.1 Å². The van der Waals surface area contributed by atoms with Gasteiger partial charge in [0.05, 0.1) is 18.2 Å². The quantitative estimate of drug-likeness (QED) is 0.829. The first kappa shape index (κ1) is 16.2. The van der Waals surface area contributed by atoms with Crippen molar-refractivity contribution in [3.63, 3.8) is 0 Å². The fourth-order valence-corrected chi connectivity index (χ4v) is 1.87. The van der Waals surface area contributed by atoms with Crippen molar-refractivity contribution in [2.45, 2.75) is 39.8 Å². The standard InChI is InChI=1S/C16H23N3O/c1-4-13(3)18-11-16(20)19(5-2)12-15-9-7-6-8-14(15)10-17/h6-9,13,18H,4-5,11-12H2,1-3H3. The van der Waals surface area contributed by atoms with E-state index in [1.54, 1.807) is 11.0 Å². The molecule has 0 aromatic heterocycles. The number of likely N-dealkylation sites (N-methyl/N-ethyl adjacent to an activating group) is 1. The number of carbonyl (C=O) groups is 1. The smallest absolute Gasteiger partial charge is 0.236 e. The first-order chi connectivity index (χ1) is 9.62. The summed E-state index contributed by atoms with van der Waals surface area (Å²) >= 11 is 0. The number of nitriles is 1. The van der Waals surface area contributed by atoms with Crippen molar-refractivity contribution in [3.8, 4) is 6.07 Å². The molecule has 108 valence electrons. The molecule has 1 amide bonds. The second-order valence-electron chi connectivity index (χ2n) is 4.87. The summed E-state index contributed by atoms with van der Waals surface area (Å²) in [6.45, 7) is 7.58. The minimum absolute atomic E-state index is 0.0699. The number of hydrogen-bond acceptors (Lipinski definition) is 3. The van der Waals surface area contributed by atoms with Gasteiger partial charge in [-0.05, 0) is 31.9 Å². The molecule has 1 aromatic rings. The van der Waals surface area contributed by atoms with Crippen molar-refractivity contribution in [1.29, 1.82) is 5.26 Å². The van der Waals surface area contributed by atoms with E-state index in [1.165, 1.54) is 0 Å². The zero-order valence-electron chi connectivity index (χ0n) is 12.5. The third kappa shape index (κ3) is 4.67. The minimum Gasteiger partial charge on any atom is -0.337 e. The molecule has 0 fully saturated rings. The van der Waals surface area contributed by atoms with Gasteiger partial charge in [0.15, 0.2) is 0 Å². The molecule has 0 aliphatic heterocycles. The number of nitrogens with one attached hydrogen (secondary N) is 1. The summed E-state index contributed by atoms with van der Waals surface area (Å²) < 4.78 is 0. The first-order valence-corrected chi connectivity index (χ1v) is 7.11. The Morgan fingerprint density at radius 2 is 2.10 bits per heavy atom. The highest BCUT2D eigenvalue weighted by Crippen LogP contribution is 2.10. The van der Waals surface area contributed by atoms with Crippen LogP contribution in [0.3, 0.4) is 0 Å². The lowest BCUT2D eigenvalue weighted by Gasteiger charge is -2.22.